The number of carbonyl (C=O) groups is 1. The van der Waals surface area contributed by atoms with Crippen LogP contribution in [0, 0.1) is 0 Å². The number of hydrogen-bond acceptors (Lipinski definition) is 6. The molecule has 0 bridgehead atoms. The Bertz CT molecular complexity index is 1300. The van der Waals surface area contributed by atoms with E-state index in [1.807, 2.05) is 30.3 Å². The summed E-state index contributed by atoms with van der Waals surface area (Å²) in [6.45, 7) is 0.520. The van der Waals surface area contributed by atoms with Gasteiger partial charge in [0.25, 0.3) is 5.56 Å². The number of rotatable bonds is 8. The molecule has 1 unspecified atom stereocenters. The zero-order chi connectivity index (χ0) is 23.2. The number of pyridine rings is 1. The molecule has 0 saturated heterocycles. The minimum absolute atomic E-state index is 0.0434. The number of methoxy groups -OCH3 is 1. The molecule has 4 aromatic rings. The van der Waals surface area contributed by atoms with Crippen LogP contribution >= 0.6 is 0 Å². The maximum Gasteiger partial charge on any atom is 0.306 e. The molecule has 7 nitrogen and oxygen atoms in total. The van der Waals surface area contributed by atoms with Gasteiger partial charge in [0, 0.05) is 18.5 Å². The summed E-state index contributed by atoms with van der Waals surface area (Å²) in [4.78, 5) is 29.4. The average Bonchev–Trinajstić information content (AvgIpc) is 2.84. The first-order valence-corrected chi connectivity index (χ1v) is 10.6. The molecule has 0 spiro atoms. The Kier molecular flexibility index (Phi) is 6.69. The van der Waals surface area contributed by atoms with Crippen molar-refractivity contribution in [2.45, 2.75) is 18.8 Å². The Morgan fingerprint density at radius 1 is 1.03 bits per heavy atom. The summed E-state index contributed by atoms with van der Waals surface area (Å²) in [6.07, 6.45) is 2.24. The van der Waals surface area contributed by atoms with Gasteiger partial charge in [-0.2, -0.15) is 4.98 Å². The normalized spacial score (nSPS) is 11.8. The third-order valence-electron chi connectivity index (χ3n) is 5.48. The van der Waals surface area contributed by atoms with Crippen molar-refractivity contribution in [2.24, 2.45) is 0 Å². The molecule has 0 saturated carbocycles. The van der Waals surface area contributed by atoms with E-state index < -0.39 is 23.3 Å². The molecule has 0 radical (unpaired) electrons. The van der Waals surface area contributed by atoms with E-state index in [0.717, 1.165) is 6.42 Å². The molecular formula is C26H24N2O5. The van der Waals surface area contributed by atoms with E-state index in [1.54, 1.807) is 48.7 Å². The molecule has 1 atom stereocenters. The van der Waals surface area contributed by atoms with E-state index in [2.05, 4.69) is 4.98 Å². The standard InChI is InChI=1S/C26H24N2O5/c1-32-23(29)17-21(24-25(30)27-22-9-5-6-15-28(22)26(24)31)19-10-12-20(13-11-19)33-16-14-18-7-3-2-4-8-18/h2-13,15,21,30H,14,16-17H2,1H3. The summed E-state index contributed by atoms with van der Waals surface area (Å²) in [6, 6.07) is 22.2. The fraction of sp³-hybridized carbons (Fsp3) is 0.192. The van der Waals surface area contributed by atoms with E-state index in [-0.39, 0.29) is 12.0 Å². The molecule has 168 valence electrons. The zero-order valence-corrected chi connectivity index (χ0v) is 18.2. The van der Waals surface area contributed by atoms with Crippen molar-refractivity contribution in [3.63, 3.8) is 0 Å². The summed E-state index contributed by atoms with van der Waals surface area (Å²) in [5.74, 6) is -0.958. The lowest BCUT2D eigenvalue weighted by Gasteiger charge is -2.18. The molecular weight excluding hydrogens is 420 g/mol. The Balaban J connectivity index is 1.61. The Labute approximate surface area is 190 Å². The number of aromatic nitrogens is 2. The summed E-state index contributed by atoms with van der Waals surface area (Å²) >= 11 is 0. The van der Waals surface area contributed by atoms with Crippen LogP contribution in [0.1, 0.15) is 29.0 Å². The minimum atomic E-state index is -0.729. The Hall–Kier alpha value is -4.13. The number of hydrogen-bond donors (Lipinski definition) is 1. The van der Waals surface area contributed by atoms with E-state index in [1.165, 1.54) is 17.1 Å². The third-order valence-corrected chi connectivity index (χ3v) is 5.48. The summed E-state index contributed by atoms with van der Waals surface area (Å²) < 4.78 is 12.0. The third kappa shape index (κ3) is 5.03. The molecule has 0 aliphatic rings. The number of nitrogens with zero attached hydrogens (tertiary/aromatic N) is 2. The van der Waals surface area contributed by atoms with E-state index in [0.29, 0.717) is 23.6 Å². The van der Waals surface area contributed by atoms with Gasteiger partial charge in [-0.25, -0.2) is 0 Å². The zero-order valence-electron chi connectivity index (χ0n) is 18.2. The second-order valence-corrected chi connectivity index (χ2v) is 7.57. The molecule has 2 heterocycles. The smallest absolute Gasteiger partial charge is 0.306 e. The lowest BCUT2D eigenvalue weighted by atomic mass is 9.89. The van der Waals surface area contributed by atoms with Crippen LogP contribution in [-0.2, 0) is 16.0 Å². The SMILES string of the molecule is COC(=O)CC(c1ccc(OCCc2ccccc2)cc1)c1c(O)nc2ccccn2c1=O. The van der Waals surface area contributed by atoms with Crippen LogP contribution in [-0.4, -0.2) is 34.2 Å². The number of carbonyl (C=O) groups excluding carboxylic acids is 1. The van der Waals surface area contributed by atoms with Gasteiger partial charge in [-0.15, -0.1) is 0 Å². The highest BCUT2D eigenvalue weighted by Gasteiger charge is 2.27. The van der Waals surface area contributed by atoms with Crippen molar-refractivity contribution in [1.29, 1.82) is 0 Å². The molecule has 0 aliphatic heterocycles. The van der Waals surface area contributed by atoms with Crippen molar-refractivity contribution in [1.82, 2.24) is 9.38 Å². The number of fused-ring (bicyclic) bond motifs is 1. The Morgan fingerprint density at radius 2 is 1.76 bits per heavy atom. The molecule has 33 heavy (non-hydrogen) atoms. The number of benzene rings is 2. The summed E-state index contributed by atoms with van der Waals surface area (Å²) in [5.41, 5.74) is 1.78. The van der Waals surface area contributed by atoms with Gasteiger partial charge in [0.05, 0.1) is 25.7 Å². The van der Waals surface area contributed by atoms with Gasteiger partial charge in [-0.1, -0.05) is 48.5 Å². The molecule has 0 aliphatic carbocycles. The lowest BCUT2D eigenvalue weighted by molar-refractivity contribution is -0.140. The molecule has 7 heteroatoms. The van der Waals surface area contributed by atoms with Crippen molar-refractivity contribution >= 4 is 11.6 Å². The van der Waals surface area contributed by atoms with Crippen molar-refractivity contribution < 1.29 is 19.4 Å². The van der Waals surface area contributed by atoms with Gasteiger partial charge < -0.3 is 14.6 Å². The highest BCUT2D eigenvalue weighted by atomic mass is 16.5. The van der Waals surface area contributed by atoms with Crippen LogP contribution in [0.4, 0.5) is 0 Å². The lowest BCUT2D eigenvalue weighted by Crippen LogP contribution is -2.24. The highest BCUT2D eigenvalue weighted by Crippen LogP contribution is 2.32. The first-order chi connectivity index (χ1) is 16.1. The first kappa shape index (κ1) is 22.1. The molecule has 0 amide bonds. The van der Waals surface area contributed by atoms with Crippen molar-refractivity contribution in [3.05, 3.63) is 106 Å². The highest BCUT2D eigenvalue weighted by molar-refractivity contribution is 5.71. The quantitative estimate of drug-likeness (QED) is 0.417. The van der Waals surface area contributed by atoms with Gasteiger partial charge in [0.15, 0.2) is 0 Å². The van der Waals surface area contributed by atoms with Crippen LogP contribution < -0.4 is 10.3 Å². The van der Waals surface area contributed by atoms with Crippen LogP contribution in [0.15, 0.2) is 83.8 Å². The van der Waals surface area contributed by atoms with E-state index in [9.17, 15) is 14.7 Å². The van der Waals surface area contributed by atoms with E-state index in [4.69, 9.17) is 9.47 Å². The van der Waals surface area contributed by atoms with E-state index >= 15 is 0 Å². The predicted octanol–water partition coefficient (Wildman–Crippen LogP) is 3.72. The van der Waals surface area contributed by atoms with Gasteiger partial charge in [0.2, 0.25) is 5.88 Å². The maximum absolute atomic E-state index is 13.2. The summed E-state index contributed by atoms with van der Waals surface area (Å²) in [5, 5.41) is 10.6. The van der Waals surface area contributed by atoms with Crippen LogP contribution in [0.2, 0.25) is 0 Å². The predicted molar refractivity (Wildman–Crippen MR) is 124 cm³/mol. The second-order valence-electron chi connectivity index (χ2n) is 7.57. The monoisotopic (exact) mass is 444 g/mol. The van der Waals surface area contributed by atoms with Crippen LogP contribution in [0.3, 0.4) is 0 Å². The van der Waals surface area contributed by atoms with Gasteiger partial charge >= 0.3 is 5.97 Å². The van der Waals surface area contributed by atoms with Crippen molar-refractivity contribution in [3.8, 4) is 11.6 Å². The molecule has 2 aromatic carbocycles. The van der Waals surface area contributed by atoms with Gasteiger partial charge in [0.1, 0.15) is 11.4 Å². The van der Waals surface area contributed by atoms with Crippen LogP contribution in [0.25, 0.3) is 5.65 Å². The molecule has 2 aromatic heterocycles. The number of esters is 1. The minimum Gasteiger partial charge on any atom is -0.493 e. The van der Waals surface area contributed by atoms with Gasteiger partial charge in [-0.05, 0) is 35.4 Å². The van der Waals surface area contributed by atoms with Gasteiger partial charge in [-0.3, -0.25) is 14.0 Å². The average molecular weight is 444 g/mol. The fourth-order valence-electron chi connectivity index (χ4n) is 3.76. The second kappa shape index (κ2) is 9.99. The molecule has 1 N–H and O–H groups in total. The summed E-state index contributed by atoms with van der Waals surface area (Å²) in [7, 11) is 1.29. The van der Waals surface area contributed by atoms with Crippen LogP contribution in [0.5, 0.6) is 11.6 Å². The van der Waals surface area contributed by atoms with Crippen molar-refractivity contribution in [2.75, 3.05) is 13.7 Å². The Morgan fingerprint density at radius 3 is 2.48 bits per heavy atom. The fourth-order valence-corrected chi connectivity index (χ4v) is 3.76. The molecule has 0 fully saturated rings. The molecule has 4 rings (SSSR count). The number of ether oxygens (including phenoxy) is 2. The number of aromatic hydroxyl groups is 1. The topological polar surface area (TPSA) is 90.1 Å². The first-order valence-electron chi connectivity index (χ1n) is 10.6. The maximum atomic E-state index is 13.2. The largest absolute Gasteiger partial charge is 0.493 e.